The van der Waals surface area contributed by atoms with E-state index in [9.17, 15) is 9.90 Å². The first-order chi connectivity index (χ1) is 9.00. The number of hydrogen-bond donors (Lipinski definition) is 2. The molecule has 2 rings (SSSR count). The lowest BCUT2D eigenvalue weighted by molar-refractivity contribution is 0.102. The molecule has 1 amide bonds. The van der Waals surface area contributed by atoms with Crippen LogP contribution in [0.15, 0.2) is 36.4 Å². The van der Waals surface area contributed by atoms with Crippen LogP contribution in [-0.2, 0) is 0 Å². The molecular weight excluding hydrogens is 238 g/mol. The highest BCUT2D eigenvalue weighted by Gasteiger charge is 2.13. The van der Waals surface area contributed by atoms with Gasteiger partial charge in [0.2, 0.25) is 0 Å². The summed E-state index contributed by atoms with van der Waals surface area (Å²) in [5, 5.41) is 12.6. The summed E-state index contributed by atoms with van der Waals surface area (Å²) in [7, 11) is 0. The van der Waals surface area contributed by atoms with E-state index < -0.39 is 0 Å². The molecule has 0 atom stereocenters. The van der Waals surface area contributed by atoms with E-state index in [1.54, 1.807) is 25.1 Å². The molecule has 2 aromatic carbocycles. The second-order valence-corrected chi connectivity index (χ2v) is 4.67. The van der Waals surface area contributed by atoms with Crippen LogP contribution in [-0.4, -0.2) is 11.0 Å². The second kappa shape index (κ2) is 5.14. The van der Waals surface area contributed by atoms with E-state index in [0.717, 1.165) is 16.8 Å². The van der Waals surface area contributed by atoms with E-state index in [1.807, 2.05) is 32.0 Å². The molecule has 2 aromatic rings. The number of phenols is 1. The molecule has 0 unspecified atom stereocenters. The van der Waals surface area contributed by atoms with Gasteiger partial charge in [0.05, 0.1) is 0 Å². The Morgan fingerprint density at radius 3 is 2.21 bits per heavy atom. The second-order valence-electron chi connectivity index (χ2n) is 4.67. The molecule has 0 aliphatic heterocycles. The smallest absolute Gasteiger partial charge is 0.256 e. The van der Waals surface area contributed by atoms with Crippen LogP contribution >= 0.6 is 0 Å². The summed E-state index contributed by atoms with van der Waals surface area (Å²) in [4.78, 5) is 12.3. The molecule has 0 aromatic heterocycles. The number of hydrogen-bond acceptors (Lipinski definition) is 2. The Bertz CT molecular complexity index is 612. The average molecular weight is 255 g/mol. The summed E-state index contributed by atoms with van der Waals surface area (Å²) in [6.07, 6.45) is 0. The zero-order chi connectivity index (χ0) is 14.0. The minimum Gasteiger partial charge on any atom is -0.508 e. The molecular formula is C16H17NO2. The van der Waals surface area contributed by atoms with Gasteiger partial charge < -0.3 is 10.4 Å². The molecule has 0 heterocycles. The highest BCUT2D eigenvalue weighted by molar-refractivity contribution is 6.06. The number of rotatable bonds is 2. The number of para-hydroxylation sites is 1. The standard InChI is InChI=1S/C16H17NO2/c1-10-6-4-7-11(2)15(10)17-16(19)13-8-5-9-14(18)12(13)3/h4-9,18H,1-3H3,(H,17,19). The summed E-state index contributed by atoms with van der Waals surface area (Å²) < 4.78 is 0. The van der Waals surface area contributed by atoms with Crippen LogP contribution in [0.5, 0.6) is 5.75 Å². The number of amides is 1. The number of aromatic hydroxyl groups is 1. The number of nitrogens with one attached hydrogen (secondary N) is 1. The van der Waals surface area contributed by atoms with Crippen molar-refractivity contribution in [2.75, 3.05) is 5.32 Å². The molecule has 0 fully saturated rings. The maximum absolute atomic E-state index is 12.3. The highest BCUT2D eigenvalue weighted by atomic mass is 16.3. The van der Waals surface area contributed by atoms with Gasteiger partial charge in [-0.3, -0.25) is 4.79 Å². The summed E-state index contributed by atoms with van der Waals surface area (Å²) in [5.41, 5.74) is 3.95. The monoisotopic (exact) mass is 255 g/mol. The van der Waals surface area contributed by atoms with Crippen molar-refractivity contribution < 1.29 is 9.90 Å². The minimum atomic E-state index is -0.203. The third-order valence-corrected chi connectivity index (χ3v) is 3.27. The number of anilines is 1. The Hall–Kier alpha value is -2.29. The van der Waals surface area contributed by atoms with E-state index in [1.165, 1.54) is 0 Å². The van der Waals surface area contributed by atoms with Crippen LogP contribution in [0.3, 0.4) is 0 Å². The van der Waals surface area contributed by atoms with Gasteiger partial charge in [0.25, 0.3) is 5.91 Å². The average Bonchev–Trinajstić information content (AvgIpc) is 2.37. The maximum atomic E-state index is 12.3. The highest BCUT2D eigenvalue weighted by Crippen LogP contribution is 2.23. The van der Waals surface area contributed by atoms with Crippen LogP contribution < -0.4 is 5.32 Å². The molecule has 3 heteroatoms. The first-order valence-corrected chi connectivity index (χ1v) is 6.17. The molecule has 3 nitrogen and oxygen atoms in total. The van der Waals surface area contributed by atoms with Crippen molar-refractivity contribution in [3.63, 3.8) is 0 Å². The molecule has 0 bridgehead atoms. The lowest BCUT2D eigenvalue weighted by Gasteiger charge is -2.13. The quantitative estimate of drug-likeness (QED) is 0.861. The Morgan fingerprint density at radius 2 is 1.58 bits per heavy atom. The molecule has 0 saturated heterocycles. The van der Waals surface area contributed by atoms with Crippen molar-refractivity contribution in [3.8, 4) is 5.75 Å². The number of aryl methyl sites for hydroxylation is 2. The van der Waals surface area contributed by atoms with E-state index in [4.69, 9.17) is 0 Å². The lowest BCUT2D eigenvalue weighted by atomic mass is 10.1. The fraction of sp³-hybridized carbons (Fsp3) is 0.188. The first-order valence-electron chi connectivity index (χ1n) is 6.17. The Kier molecular flexibility index (Phi) is 3.56. The van der Waals surface area contributed by atoms with Crippen molar-refractivity contribution in [1.82, 2.24) is 0 Å². The molecule has 0 spiro atoms. The Balaban J connectivity index is 2.34. The van der Waals surface area contributed by atoms with Gasteiger partial charge in [-0.05, 0) is 44.0 Å². The van der Waals surface area contributed by atoms with Crippen LogP contribution in [0, 0.1) is 20.8 Å². The Morgan fingerprint density at radius 1 is 1.00 bits per heavy atom. The third-order valence-electron chi connectivity index (χ3n) is 3.27. The molecule has 0 radical (unpaired) electrons. The van der Waals surface area contributed by atoms with E-state index in [2.05, 4.69) is 5.32 Å². The van der Waals surface area contributed by atoms with Gasteiger partial charge >= 0.3 is 0 Å². The van der Waals surface area contributed by atoms with Crippen molar-refractivity contribution in [1.29, 1.82) is 0 Å². The predicted octanol–water partition coefficient (Wildman–Crippen LogP) is 3.57. The third kappa shape index (κ3) is 2.60. The topological polar surface area (TPSA) is 49.3 Å². The summed E-state index contributed by atoms with van der Waals surface area (Å²) >= 11 is 0. The zero-order valence-electron chi connectivity index (χ0n) is 11.3. The van der Waals surface area contributed by atoms with Gasteiger partial charge in [0.1, 0.15) is 5.75 Å². The number of phenolic OH excluding ortho intramolecular Hbond substituents is 1. The molecule has 98 valence electrons. The normalized spacial score (nSPS) is 10.3. The van der Waals surface area contributed by atoms with Crippen LogP contribution in [0.2, 0.25) is 0 Å². The van der Waals surface area contributed by atoms with Crippen molar-refractivity contribution in [3.05, 3.63) is 58.7 Å². The van der Waals surface area contributed by atoms with E-state index >= 15 is 0 Å². The molecule has 2 N–H and O–H groups in total. The van der Waals surface area contributed by atoms with Gasteiger partial charge in [-0.25, -0.2) is 0 Å². The van der Waals surface area contributed by atoms with Gasteiger partial charge in [0.15, 0.2) is 0 Å². The van der Waals surface area contributed by atoms with Crippen LogP contribution in [0.1, 0.15) is 27.0 Å². The summed E-state index contributed by atoms with van der Waals surface area (Å²) in [6, 6.07) is 10.8. The molecule has 0 saturated carbocycles. The van der Waals surface area contributed by atoms with Crippen LogP contribution in [0.4, 0.5) is 5.69 Å². The van der Waals surface area contributed by atoms with Gasteiger partial charge in [-0.1, -0.05) is 24.3 Å². The largest absolute Gasteiger partial charge is 0.508 e. The van der Waals surface area contributed by atoms with Crippen molar-refractivity contribution >= 4 is 11.6 Å². The molecule has 0 aliphatic rings. The SMILES string of the molecule is Cc1cccc(C)c1NC(=O)c1cccc(O)c1C. The summed E-state index contributed by atoms with van der Waals surface area (Å²) in [5.74, 6) is -0.0695. The lowest BCUT2D eigenvalue weighted by Crippen LogP contribution is -2.15. The molecule has 19 heavy (non-hydrogen) atoms. The zero-order valence-corrected chi connectivity index (χ0v) is 11.3. The predicted molar refractivity (Wildman–Crippen MR) is 76.7 cm³/mol. The van der Waals surface area contributed by atoms with Gasteiger partial charge in [-0.15, -0.1) is 0 Å². The number of carbonyl (C=O) groups is 1. The summed E-state index contributed by atoms with van der Waals surface area (Å²) in [6.45, 7) is 5.64. The fourth-order valence-corrected chi connectivity index (χ4v) is 2.06. The van der Waals surface area contributed by atoms with Gasteiger partial charge in [-0.2, -0.15) is 0 Å². The minimum absolute atomic E-state index is 0.133. The number of benzene rings is 2. The fourth-order valence-electron chi connectivity index (χ4n) is 2.06. The van der Waals surface area contributed by atoms with Crippen molar-refractivity contribution in [2.45, 2.75) is 20.8 Å². The maximum Gasteiger partial charge on any atom is 0.256 e. The molecule has 0 aliphatic carbocycles. The number of carbonyl (C=O) groups excluding carboxylic acids is 1. The van der Waals surface area contributed by atoms with Crippen LogP contribution in [0.25, 0.3) is 0 Å². The van der Waals surface area contributed by atoms with E-state index in [-0.39, 0.29) is 11.7 Å². The van der Waals surface area contributed by atoms with Gasteiger partial charge in [0, 0.05) is 16.8 Å². The van der Waals surface area contributed by atoms with Crippen molar-refractivity contribution in [2.24, 2.45) is 0 Å². The Labute approximate surface area is 112 Å². The first kappa shape index (κ1) is 13.1. The van der Waals surface area contributed by atoms with E-state index in [0.29, 0.717) is 11.1 Å².